The molecular formula is C24H27F3N6O2. The topological polar surface area (TPSA) is 113 Å². The van der Waals surface area contributed by atoms with Gasteiger partial charge in [-0.1, -0.05) is 18.2 Å². The van der Waals surface area contributed by atoms with Crippen molar-refractivity contribution in [2.24, 2.45) is 11.1 Å². The van der Waals surface area contributed by atoms with Gasteiger partial charge in [0.1, 0.15) is 5.39 Å². The fourth-order valence-corrected chi connectivity index (χ4v) is 5.85. The maximum Gasteiger partial charge on any atom is 0.416 e. The number of rotatable bonds is 3. The molecule has 186 valence electrons. The highest BCUT2D eigenvalue weighted by atomic mass is 19.4. The molecule has 1 saturated carbocycles. The zero-order chi connectivity index (χ0) is 24.6. The Morgan fingerprint density at radius 2 is 1.94 bits per heavy atom. The van der Waals surface area contributed by atoms with Crippen LogP contribution in [0.1, 0.15) is 49.4 Å². The lowest BCUT2D eigenvalue weighted by Gasteiger charge is -2.41. The number of ether oxygens (including phenoxy) is 1. The normalized spacial score (nSPS) is 25.5. The first-order valence-electron chi connectivity index (χ1n) is 11.9. The minimum absolute atomic E-state index is 0.0152. The van der Waals surface area contributed by atoms with Crippen molar-refractivity contribution < 1.29 is 17.9 Å². The van der Waals surface area contributed by atoms with Gasteiger partial charge in [0.2, 0.25) is 5.95 Å². The molecule has 0 amide bonds. The largest absolute Gasteiger partial charge is 0.416 e. The van der Waals surface area contributed by atoms with E-state index in [1.807, 2.05) is 11.8 Å². The van der Waals surface area contributed by atoms with Crippen LogP contribution in [0.4, 0.5) is 19.1 Å². The van der Waals surface area contributed by atoms with Crippen LogP contribution in [-0.2, 0) is 16.3 Å². The lowest BCUT2D eigenvalue weighted by Crippen LogP contribution is -2.51. The van der Waals surface area contributed by atoms with E-state index in [2.05, 4.69) is 20.2 Å². The van der Waals surface area contributed by atoms with Crippen molar-refractivity contribution in [2.75, 3.05) is 24.6 Å². The van der Waals surface area contributed by atoms with E-state index in [0.717, 1.165) is 25.0 Å². The zero-order valence-electron chi connectivity index (χ0n) is 19.3. The molecule has 0 unspecified atom stereocenters. The summed E-state index contributed by atoms with van der Waals surface area (Å²) < 4.78 is 45.7. The van der Waals surface area contributed by atoms with E-state index in [9.17, 15) is 18.0 Å². The smallest absolute Gasteiger partial charge is 0.376 e. The lowest BCUT2D eigenvalue weighted by molar-refractivity contribution is -0.137. The summed E-state index contributed by atoms with van der Waals surface area (Å²) in [6, 6.07) is 5.28. The molecule has 0 bridgehead atoms. The van der Waals surface area contributed by atoms with Crippen LogP contribution in [0.5, 0.6) is 0 Å². The Balaban J connectivity index is 1.30. The molecule has 0 radical (unpaired) electrons. The second-order valence-corrected chi connectivity index (χ2v) is 10.2. The SMILES string of the molecule is C[C@@H]1OCC2(CCN(c3nc4n[nH]c(C5(c6cccc(C(F)(F)F)c6)CC5)c4c(=O)[nH]3)CC2)[C@@H]1N. The van der Waals surface area contributed by atoms with E-state index < -0.39 is 17.2 Å². The molecule has 35 heavy (non-hydrogen) atoms. The minimum Gasteiger partial charge on any atom is -0.376 e. The standard InChI is InChI=1S/C24H27F3N6O2/c1-13-17(28)22(12-35-13)7-9-33(10-8-22)21-29-19-16(20(34)30-21)18(31-32-19)23(5-6-23)14-3-2-4-15(11-14)24(25,26)27/h2-4,11,13,17H,5-10,12,28H2,1H3,(H2,29,30,31,32,34)/t13-,17+/m0/s1. The number of nitrogens with one attached hydrogen (secondary N) is 2. The van der Waals surface area contributed by atoms with Gasteiger partial charge in [-0.05, 0) is 44.2 Å². The fraction of sp³-hybridized carbons (Fsp3) is 0.542. The third kappa shape index (κ3) is 3.47. The van der Waals surface area contributed by atoms with E-state index in [1.165, 1.54) is 6.07 Å². The monoisotopic (exact) mass is 488 g/mol. The van der Waals surface area contributed by atoms with Crippen LogP contribution < -0.4 is 16.2 Å². The third-order valence-electron chi connectivity index (χ3n) is 8.29. The van der Waals surface area contributed by atoms with Gasteiger partial charge in [-0.15, -0.1) is 0 Å². The van der Waals surface area contributed by atoms with Gasteiger partial charge < -0.3 is 15.4 Å². The van der Waals surface area contributed by atoms with E-state index in [1.54, 1.807) is 6.07 Å². The van der Waals surface area contributed by atoms with Gasteiger partial charge in [0, 0.05) is 30.0 Å². The lowest BCUT2D eigenvalue weighted by atomic mass is 9.73. The molecule has 1 spiro atoms. The van der Waals surface area contributed by atoms with Crippen LogP contribution in [0.2, 0.25) is 0 Å². The van der Waals surface area contributed by atoms with Crippen LogP contribution in [-0.4, -0.2) is 52.0 Å². The van der Waals surface area contributed by atoms with Gasteiger partial charge in [0.05, 0.1) is 24.0 Å². The summed E-state index contributed by atoms with van der Waals surface area (Å²) in [5, 5.41) is 7.52. The Hall–Kier alpha value is -2.92. The fourth-order valence-electron chi connectivity index (χ4n) is 5.85. The summed E-state index contributed by atoms with van der Waals surface area (Å²) in [7, 11) is 0. The van der Waals surface area contributed by atoms with Crippen molar-refractivity contribution in [3.63, 3.8) is 0 Å². The first-order valence-corrected chi connectivity index (χ1v) is 11.9. The van der Waals surface area contributed by atoms with E-state index in [4.69, 9.17) is 10.5 Å². The molecule has 2 aliphatic heterocycles. The zero-order valence-corrected chi connectivity index (χ0v) is 19.3. The van der Waals surface area contributed by atoms with Gasteiger partial charge in [0.25, 0.3) is 5.56 Å². The number of nitrogens with two attached hydrogens (primary N) is 1. The number of piperidine rings is 1. The second-order valence-electron chi connectivity index (χ2n) is 10.2. The third-order valence-corrected chi connectivity index (χ3v) is 8.29. The summed E-state index contributed by atoms with van der Waals surface area (Å²) >= 11 is 0. The molecular weight excluding hydrogens is 461 g/mol. The Bertz CT molecular complexity index is 1340. The van der Waals surface area contributed by atoms with Crippen LogP contribution in [0.15, 0.2) is 29.1 Å². The Kier molecular flexibility index (Phi) is 4.85. The van der Waals surface area contributed by atoms with E-state index >= 15 is 0 Å². The number of fused-ring (bicyclic) bond motifs is 1. The molecule has 2 saturated heterocycles. The van der Waals surface area contributed by atoms with Crippen molar-refractivity contribution in [1.82, 2.24) is 20.2 Å². The molecule has 4 heterocycles. The number of halogens is 3. The van der Waals surface area contributed by atoms with Gasteiger partial charge >= 0.3 is 6.18 Å². The van der Waals surface area contributed by atoms with Gasteiger partial charge in [-0.25, -0.2) is 0 Å². The van der Waals surface area contributed by atoms with E-state index in [-0.39, 0.29) is 28.8 Å². The van der Waals surface area contributed by atoms with Crippen LogP contribution in [0.3, 0.4) is 0 Å². The number of alkyl halides is 3. The average Bonchev–Trinajstić information content (AvgIpc) is 3.46. The molecule has 3 aromatic rings. The summed E-state index contributed by atoms with van der Waals surface area (Å²) in [6.07, 6.45) is -1.47. The van der Waals surface area contributed by atoms with Crippen molar-refractivity contribution >= 4 is 17.0 Å². The van der Waals surface area contributed by atoms with Crippen molar-refractivity contribution in [2.45, 2.75) is 56.3 Å². The number of aromatic nitrogens is 4. The van der Waals surface area contributed by atoms with Crippen LogP contribution in [0.25, 0.3) is 11.0 Å². The van der Waals surface area contributed by atoms with Crippen LogP contribution in [0, 0.1) is 5.41 Å². The first kappa shape index (κ1) is 22.5. The molecule has 1 aliphatic carbocycles. The number of nitrogens with zero attached hydrogens (tertiary/aromatic N) is 3. The van der Waals surface area contributed by atoms with Crippen molar-refractivity contribution in [3.05, 3.63) is 51.4 Å². The van der Waals surface area contributed by atoms with Gasteiger partial charge in [-0.2, -0.15) is 23.3 Å². The van der Waals surface area contributed by atoms with Crippen LogP contribution >= 0.6 is 0 Å². The number of H-pyrrole nitrogens is 2. The highest BCUT2D eigenvalue weighted by Gasteiger charge is 2.50. The number of anilines is 1. The number of hydrogen-bond donors (Lipinski definition) is 3. The minimum atomic E-state index is -4.43. The number of hydrogen-bond acceptors (Lipinski definition) is 6. The highest BCUT2D eigenvalue weighted by molar-refractivity contribution is 5.80. The number of aromatic amines is 2. The average molecular weight is 489 g/mol. The maximum atomic E-state index is 13.3. The van der Waals surface area contributed by atoms with Gasteiger partial charge in [0.15, 0.2) is 5.65 Å². The summed E-state index contributed by atoms with van der Waals surface area (Å²) in [4.78, 5) is 22.7. The van der Waals surface area contributed by atoms with E-state index in [0.29, 0.717) is 55.1 Å². The quantitative estimate of drug-likeness (QED) is 0.522. The summed E-state index contributed by atoms with van der Waals surface area (Å²) in [6.45, 7) is 4.01. The summed E-state index contributed by atoms with van der Waals surface area (Å²) in [5.74, 6) is 0.444. The predicted molar refractivity (Wildman–Crippen MR) is 123 cm³/mol. The molecule has 6 rings (SSSR count). The molecule has 8 nitrogen and oxygen atoms in total. The molecule has 4 N–H and O–H groups in total. The van der Waals surface area contributed by atoms with Crippen molar-refractivity contribution in [3.8, 4) is 0 Å². The van der Waals surface area contributed by atoms with Gasteiger partial charge in [-0.3, -0.25) is 14.9 Å². The molecule has 2 atom stereocenters. The Morgan fingerprint density at radius 3 is 2.57 bits per heavy atom. The molecule has 2 aromatic heterocycles. The molecule has 3 fully saturated rings. The summed E-state index contributed by atoms with van der Waals surface area (Å²) in [5.41, 5.74) is 5.92. The molecule has 11 heteroatoms. The Labute approximate surface area is 199 Å². The molecule has 3 aliphatic rings. The second kappa shape index (κ2) is 7.54. The maximum absolute atomic E-state index is 13.3. The predicted octanol–water partition coefficient (Wildman–Crippen LogP) is 3.08. The first-order chi connectivity index (χ1) is 16.6. The highest BCUT2D eigenvalue weighted by Crippen LogP contribution is 2.54. The van der Waals surface area contributed by atoms with Crippen molar-refractivity contribution in [1.29, 1.82) is 0 Å². The Morgan fingerprint density at radius 1 is 1.20 bits per heavy atom. The molecule has 1 aromatic carbocycles. The number of benzene rings is 1.